The first-order valence-corrected chi connectivity index (χ1v) is 9.96. The molecule has 27 heavy (non-hydrogen) atoms. The summed E-state index contributed by atoms with van der Waals surface area (Å²) < 4.78 is 12.6. The van der Waals surface area contributed by atoms with Gasteiger partial charge in [0.25, 0.3) is 0 Å². The van der Waals surface area contributed by atoms with Crippen molar-refractivity contribution in [1.29, 1.82) is 0 Å². The maximum Gasteiger partial charge on any atom is 0.239 e. The number of hydrogen-bond acceptors (Lipinski definition) is 8. The van der Waals surface area contributed by atoms with Crippen molar-refractivity contribution in [2.45, 2.75) is 24.3 Å². The van der Waals surface area contributed by atoms with Gasteiger partial charge >= 0.3 is 0 Å². The highest BCUT2D eigenvalue weighted by molar-refractivity contribution is 8.00. The number of ether oxygens (including phenoxy) is 2. The molecule has 8 nitrogen and oxygen atoms in total. The van der Waals surface area contributed by atoms with E-state index in [9.17, 15) is 4.79 Å². The number of amides is 1. The highest BCUT2D eigenvalue weighted by Gasteiger charge is 2.21. The van der Waals surface area contributed by atoms with Gasteiger partial charge in [0, 0.05) is 18.0 Å². The summed E-state index contributed by atoms with van der Waals surface area (Å²) >= 11 is 2.75. The van der Waals surface area contributed by atoms with Gasteiger partial charge in [0.05, 0.1) is 10.9 Å². The SMILES string of the molecule is Cc1csc(NC(=O)[C@H](C)Sc2nnc(-c3ccc4c(c3)OCO4)n2C)n1. The number of fused-ring (bicyclic) bond motifs is 1. The average Bonchev–Trinajstić information content (AvgIpc) is 3.36. The third kappa shape index (κ3) is 3.62. The molecule has 0 fully saturated rings. The molecule has 10 heteroatoms. The lowest BCUT2D eigenvalue weighted by Gasteiger charge is -2.10. The molecule has 1 amide bonds. The van der Waals surface area contributed by atoms with E-state index in [4.69, 9.17) is 9.47 Å². The summed E-state index contributed by atoms with van der Waals surface area (Å²) in [6, 6.07) is 5.64. The molecule has 3 heterocycles. The number of carbonyl (C=O) groups is 1. The zero-order chi connectivity index (χ0) is 19.0. The number of nitrogens with zero attached hydrogens (tertiary/aromatic N) is 4. The Balaban J connectivity index is 1.48. The predicted octanol–water partition coefficient (Wildman–Crippen LogP) is 3.10. The molecule has 3 aromatic rings. The van der Waals surface area contributed by atoms with Crippen molar-refractivity contribution in [1.82, 2.24) is 19.7 Å². The molecule has 1 aliphatic heterocycles. The zero-order valence-electron chi connectivity index (χ0n) is 14.9. The van der Waals surface area contributed by atoms with Crippen molar-refractivity contribution in [3.63, 3.8) is 0 Å². The molecule has 0 aliphatic carbocycles. The highest BCUT2D eigenvalue weighted by atomic mass is 32.2. The van der Waals surface area contributed by atoms with Crippen molar-refractivity contribution in [2.24, 2.45) is 7.05 Å². The first-order chi connectivity index (χ1) is 13.0. The number of aryl methyl sites for hydroxylation is 1. The minimum Gasteiger partial charge on any atom is -0.454 e. The van der Waals surface area contributed by atoms with Crippen LogP contribution in [0.5, 0.6) is 11.5 Å². The topological polar surface area (TPSA) is 91.2 Å². The molecule has 0 spiro atoms. The molecule has 1 aliphatic rings. The smallest absolute Gasteiger partial charge is 0.239 e. The Morgan fingerprint density at radius 3 is 2.93 bits per heavy atom. The third-order valence-corrected chi connectivity index (χ3v) is 5.98. The number of benzene rings is 1. The number of aromatic nitrogens is 4. The van der Waals surface area contributed by atoms with E-state index < -0.39 is 0 Å². The summed E-state index contributed by atoms with van der Waals surface area (Å²) in [4.78, 5) is 16.6. The summed E-state index contributed by atoms with van der Waals surface area (Å²) in [5.41, 5.74) is 1.76. The molecule has 0 unspecified atom stereocenters. The Kier molecular flexibility index (Phi) is 4.75. The van der Waals surface area contributed by atoms with Crippen LogP contribution in [0.4, 0.5) is 5.13 Å². The summed E-state index contributed by atoms with van der Waals surface area (Å²) in [6.07, 6.45) is 0. The number of hydrogen-bond donors (Lipinski definition) is 1. The van der Waals surface area contributed by atoms with Crippen molar-refractivity contribution >= 4 is 34.1 Å². The summed E-state index contributed by atoms with van der Waals surface area (Å²) in [5, 5.41) is 14.1. The Labute approximate surface area is 163 Å². The van der Waals surface area contributed by atoms with Gasteiger partial charge in [-0.15, -0.1) is 21.5 Å². The van der Waals surface area contributed by atoms with Crippen LogP contribution < -0.4 is 14.8 Å². The van der Waals surface area contributed by atoms with Crippen LogP contribution in [0, 0.1) is 6.92 Å². The summed E-state index contributed by atoms with van der Waals surface area (Å²) in [6.45, 7) is 3.95. The van der Waals surface area contributed by atoms with Crippen molar-refractivity contribution in [2.75, 3.05) is 12.1 Å². The largest absolute Gasteiger partial charge is 0.454 e. The Morgan fingerprint density at radius 1 is 1.33 bits per heavy atom. The van der Waals surface area contributed by atoms with E-state index in [1.807, 2.05) is 49.0 Å². The van der Waals surface area contributed by atoms with Gasteiger partial charge in [-0.2, -0.15) is 0 Å². The van der Waals surface area contributed by atoms with Crippen LogP contribution >= 0.6 is 23.1 Å². The van der Waals surface area contributed by atoms with Gasteiger partial charge in [-0.05, 0) is 32.0 Å². The quantitative estimate of drug-likeness (QED) is 0.655. The van der Waals surface area contributed by atoms with E-state index in [1.54, 1.807) is 0 Å². The second kappa shape index (κ2) is 7.20. The van der Waals surface area contributed by atoms with E-state index >= 15 is 0 Å². The number of thioether (sulfide) groups is 1. The predicted molar refractivity (Wildman–Crippen MR) is 103 cm³/mol. The number of thiazole rings is 1. The molecule has 1 atom stereocenters. The molecular formula is C17H17N5O3S2. The highest BCUT2D eigenvalue weighted by Crippen LogP contribution is 2.36. The van der Waals surface area contributed by atoms with Gasteiger partial charge in [0.2, 0.25) is 12.7 Å². The number of carbonyl (C=O) groups excluding carboxylic acids is 1. The molecule has 1 N–H and O–H groups in total. The van der Waals surface area contributed by atoms with Crippen LogP contribution in [0.3, 0.4) is 0 Å². The van der Waals surface area contributed by atoms with Crippen molar-refractivity contribution < 1.29 is 14.3 Å². The lowest BCUT2D eigenvalue weighted by atomic mass is 10.2. The van der Waals surface area contributed by atoms with E-state index in [2.05, 4.69) is 20.5 Å². The first kappa shape index (κ1) is 17.8. The molecule has 0 bridgehead atoms. The maximum absolute atomic E-state index is 12.4. The van der Waals surface area contributed by atoms with E-state index in [-0.39, 0.29) is 18.0 Å². The van der Waals surface area contributed by atoms with Gasteiger partial charge in [0.15, 0.2) is 27.6 Å². The molecule has 1 aromatic carbocycles. The fourth-order valence-electron chi connectivity index (χ4n) is 2.53. The summed E-state index contributed by atoms with van der Waals surface area (Å²) in [5.74, 6) is 1.98. The molecule has 0 saturated carbocycles. The maximum atomic E-state index is 12.4. The Hall–Kier alpha value is -2.59. The second-order valence-corrected chi connectivity index (χ2v) is 8.14. The van der Waals surface area contributed by atoms with E-state index in [1.165, 1.54) is 23.1 Å². The standard InChI is InChI=1S/C17H17N5O3S2/c1-9-7-26-16(18-9)19-15(23)10(2)27-17-21-20-14(22(17)3)11-4-5-12-13(6-11)25-8-24-12/h4-7,10H,8H2,1-3H3,(H,18,19,23)/t10-/m0/s1. The minimum atomic E-state index is -0.346. The molecule has 4 rings (SSSR count). The minimum absolute atomic E-state index is 0.123. The molecule has 0 saturated heterocycles. The van der Waals surface area contributed by atoms with Crippen molar-refractivity contribution in [3.8, 4) is 22.9 Å². The number of anilines is 1. The lowest BCUT2D eigenvalue weighted by molar-refractivity contribution is -0.115. The monoisotopic (exact) mass is 403 g/mol. The number of rotatable bonds is 5. The van der Waals surface area contributed by atoms with Crippen LogP contribution in [0.25, 0.3) is 11.4 Å². The fourth-order valence-corrected chi connectivity index (χ4v) is 4.04. The van der Waals surface area contributed by atoms with Gasteiger partial charge in [-0.1, -0.05) is 11.8 Å². The van der Waals surface area contributed by atoms with Crippen LogP contribution in [-0.2, 0) is 11.8 Å². The van der Waals surface area contributed by atoms with Gasteiger partial charge in [0.1, 0.15) is 0 Å². The average molecular weight is 403 g/mol. The van der Waals surface area contributed by atoms with E-state index in [0.717, 1.165) is 17.0 Å². The van der Waals surface area contributed by atoms with Gasteiger partial charge in [-0.3, -0.25) is 4.79 Å². The van der Waals surface area contributed by atoms with Gasteiger partial charge < -0.3 is 19.4 Å². The fraction of sp³-hybridized carbons (Fsp3) is 0.294. The Bertz CT molecular complexity index is 1000. The van der Waals surface area contributed by atoms with Crippen LogP contribution in [0.1, 0.15) is 12.6 Å². The molecular weight excluding hydrogens is 386 g/mol. The lowest BCUT2D eigenvalue weighted by Crippen LogP contribution is -2.22. The van der Waals surface area contributed by atoms with Gasteiger partial charge in [-0.25, -0.2) is 4.98 Å². The molecule has 140 valence electrons. The van der Waals surface area contributed by atoms with Crippen LogP contribution in [-0.4, -0.2) is 37.7 Å². The molecule has 0 radical (unpaired) electrons. The first-order valence-electron chi connectivity index (χ1n) is 8.20. The summed E-state index contributed by atoms with van der Waals surface area (Å²) in [7, 11) is 1.87. The van der Waals surface area contributed by atoms with Crippen LogP contribution in [0.2, 0.25) is 0 Å². The van der Waals surface area contributed by atoms with Crippen LogP contribution in [0.15, 0.2) is 28.7 Å². The molecule has 2 aromatic heterocycles. The Morgan fingerprint density at radius 2 is 2.15 bits per heavy atom. The number of nitrogens with one attached hydrogen (secondary N) is 1. The zero-order valence-corrected chi connectivity index (χ0v) is 16.6. The third-order valence-electron chi connectivity index (χ3n) is 3.97. The van der Waals surface area contributed by atoms with E-state index in [0.29, 0.717) is 21.9 Å². The van der Waals surface area contributed by atoms with Crippen molar-refractivity contribution in [3.05, 3.63) is 29.3 Å². The normalized spacial score (nSPS) is 13.6. The second-order valence-electron chi connectivity index (χ2n) is 5.98.